The van der Waals surface area contributed by atoms with Gasteiger partial charge in [-0.2, -0.15) is 8.78 Å². The second-order valence-corrected chi connectivity index (χ2v) is 4.67. The van der Waals surface area contributed by atoms with Gasteiger partial charge in [0.2, 0.25) is 0 Å². The fraction of sp³-hybridized carbons (Fsp3) is 0.231. The minimum Gasteiger partial charge on any atom is -0.480 e. The van der Waals surface area contributed by atoms with Crippen molar-refractivity contribution in [3.05, 3.63) is 29.8 Å². The molecule has 1 aromatic rings. The number of amides is 1. The normalized spacial score (nSPS) is 10.1. The van der Waals surface area contributed by atoms with E-state index in [1.807, 2.05) is 0 Å². The molecule has 0 unspecified atom stereocenters. The molecule has 0 saturated heterocycles. The van der Waals surface area contributed by atoms with Crippen molar-refractivity contribution in [1.82, 2.24) is 4.90 Å². The van der Waals surface area contributed by atoms with Crippen molar-refractivity contribution >= 4 is 23.6 Å². The van der Waals surface area contributed by atoms with Crippen LogP contribution in [-0.4, -0.2) is 40.7 Å². The number of thioether (sulfide) groups is 1. The first kappa shape index (κ1) is 16.0. The highest BCUT2D eigenvalue weighted by Gasteiger charge is 2.21. The number of halogens is 2. The van der Waals surface area contributed by atoms with E-state index in [9.17, 15) is 18.4 Å². The van der Waals surface area contributed by atoms with Gasteiger partial charge in [0.05, 0.1) is 12.1 Å². The summed E-state index contributed by atoms with van der Waals surface area (Å²) < 4.78 is 24.9. The SMILES string of the molecule is C#CCN(CC(=O)O)C(=O)c1ccccc1SC(F)F. The first-order valence-corrected chi connectivity index (χ1v) is 6.32. The summed E-state index contributed by atoms with van der Waals surface area (Å²) in [7, 11) is 0. The zero-order valence-electron chi connectivity index (χ0n) is 10.3. The fourth-order valence-corrected chi connectivity index (χ4v) is 2.12. The lowest BCUT2D eigenvalue weighted by Gasteiger charge is -2.19. The zero-order chi connectivity index (χ0) is 15.1. The van der Waals surface area contributed by atoms with Gasteiger partial charge in [-0.1, -0.05) is 29.8 Å². The second-order valence-electron chi connectivity index (χ2n) is 3.63. The van der Waals surface area contributed by atoms with Gasteiger partial charge in [0.15, 0.2) is 0 Å². The summed E-state index contributed by atoms with van der Waals surface area (Å²) in [5.74, 6) is -2.42. The van der Waals surface area contributed by atoms with E-state index in [4.69, 9.17) is 11.5 Å². The molecule has 20 heavy (non-hydrogen) atoms. The maximum absolute atomic E-state index is 12.4. The number of hydrogen-bond donors (Lipinski definition) is 1. The fourth-order valence-electron chi connectivity index (χ4n) is 1.49. The summed E-state index contributed by atoms with van der Waals surface area (Å²) in [5, 5.41) is 8.73. The molecule has 1 amide bonds. The number of terminal acetylenes is 1. The number of nitrogens with zero attached hydrogens (tertiary/aromatic N) is 1. The Kier molecular flexibility index (Phi) is 6.00. The van der Waals surface area contributed by atoms with Crippen molar-refractivity contribution in [3.63, 3.8) is 0 Å². The molecule has 0 bridgehead atoms. The average molecular weight is 299 g/mol. The maximum atomic E-state index is 12.4. The van der Waals surface area contributed by atoms with Crippen LogP contribution in [0.3, 0.4) is 0 Å². The number of hydrogen-bond acceptors (Lipinski definition) is 3. The predicted molar refractivity (Wildman–Crippen MR) is 70.7 cm³/mol. The summed E-state index contributed by atoms with van der Waals surface area (Å²) in [6, 6.07) is 5.76. The third-order valence-electron chi connectivity index (χ3n) is 2.23. The number of carboxylic acids is 1. The highest BCUT2D eigenvalue weighted by molar-refractivity contribution is 7.99. The zero-order valence-corrected chi connectivity index (χ0v) is 11.1. The molecule has 0 aromatic heterocycles. The molecule has 106 valence electrons. The van der Waals surface area contributed by atoms with Gasteiger partial charge in [-0.3, -0.25) is 9.59 Å². The number of carbonyl (C=O) groups excluding carboxylic acids is 1. The van der Waals surface area contributed by atoms with E-state index in [1.54, 1.807) is 0 Å². The Morgan fingerprint density at radius 3 is 2.60 bits per heavy atom. The number of aliphatic carboxylic acids is 1. The number of carboxylic acid groups (broad SMARTS) is 1. The summed E-state index contributed by atoms with van der Waals surface area (Å²) in [6.45, 7) is -0.796. The molecule has 0 fully saturated rings. The van der Waals surface area contributed by atoms with Crippen LogP contribution in [0, 0.1) is 12.3 Å². The number of rotatable bonds is 6. The van der Waals surface area contributed by atoms with Crippen molar-refractivity contribution in [3.8, 4) is 12.3 Å². The summed E-state index contributed by atoms with van der Waals surface area (Å²) in [4.78, 5) is 23.9. The molecule has 4 nitrogen and oxygen atoms in total. The number of benzene rings is 1. The molecular weight excluding hydrogens is 288 g/mol. The molecule has 1 rings (SSSR count). The van der Waals surface area contributed by atoms with Crippen LogP contribution in [-0.2, 0) is 4.79 Å². The lowest BCUT2D eigenvalue weighted by molar-refractivity contribution is -0.137. The van der Waals surface area contributed by atoms with E-state index < -0.39 is 24.2 Å². The highest BCUT2D eigenvalue weighted by Crippen LogP contribution is 2.29. The Bertz CT molecular complexity index is 543. The van der Waals surface area contributed by atoms with Gasteiger partial charge in [0.25, 0.3) is 11.7 Å². The Morgan fingerprint density at radius 2 is 2.05 bits per heavy atom. The number of carbonyl (C=O) groups is 2. The van der Waals surface area contributed by atoms with Crippen LogP contribution in [0.2, 0.25) is 0 Å². The van der Waals surface area contributed by atoms with E-state index in [0.29, 0.717) is 0 Å². The third-order valence-corrected chi connectivity index (χ3v) is 3.02. The summed E-state index contributed by atoms with van der Waals surface area (Å²) in [6.07, 6.45) is 5.08. The van der Waals surface area contributed by atoms with Crippen LogP contribution >= 0.6 is 11.8 Å². The molecule has 1 aromatic carbocycles. The quantitative estimate of drug-likeness (QED) is 0.646. The summed E-state index contributed by atoms with van der Waals surface area (Å²) in [5.41, 5.74) is 0.00861. The van der Waals surface area contributed by atoms with Gasteiger partial charge >= 0.3 is 5.97 Å². The van der Waals surface area contributed by atoms with Gasteiger partial charge in [0.1, 0.15) is 6.54 Å². The molecule has 0 heterocycles. The third kappa shape index (κ3) is 4.55. The van der Waals surface area contributed by atoms with Gasteiger partial charge in [-0.15, -0.1) is 6.42 Å². The van der Waals surface area contributed by atoms with Crippen LogP contribution < -0.4 is 0 Å². The van der Waals surface area contributed by atoms with Crippen molar-refractivity contribution in [2.24, 2.45) is 0 Å². The predicted octanol–water partition coefficient (Wildman–Crippen LogP) is 2.16. The molecule has 0 radical (unpaired) electrons. The smallest absolute Gasteiger partial charge is 0.323 e. The Balaban J connectivity index is 3.05. The Morgan fingerprint density at radius 1 is 1.40 bits per heavy atom. The lowest BCUT2D eigenvalue weighted by Crippen LogP contribution is -2.36. The van der Waals surface area contributed by atoms with Gasteiger partial charge in [-0.25, -0.2) is 0 Å². The van der Waals surface area contributed by atoms with Crippen LogP contribution in [0.5, 0.6) is 0 Å². The van der Waals surface area contributed by atoms with E-state index in [1.165, 1.54) is 24.3 Å². The molecule has 0 aliphatic heterocycles. The first-order chi connectivity index (χ1) is 9.45. The van der Waals surface area contributed by atoms with Crippen molar-refractivity contribution < 1.29 is 23.5 Å². The monoisotopic (exact) mass is 299 g/mol. The Labute approximate surface area is 118 Å². The number of alkyl halides is 2. The van der Waals surface area contributed by atoms with Crippen LogP contribution in [0.4, 0.5) is 8.78 Å². The Hall–Kier alpha value is -2.07. The first-order valence-electron chi connectivity index (χ1n) is 5.44. The standard InChI is InChI=1S/C13H11F2NO3S/c1-2-7-16(8-11(17)18)12(19)9-5-3-4-6-10(9)20-13(14)15/h1,3-6,13H,7-8H2,(H,17,18). The molecule has 0 aliphatic carbocycles. The van der Waals surface area contributed by atoms with Crippen molar-refractivity contribution in [2.75, 3.05) is 13.1 Å². The molecule has 0 saturated carbocycles. The van der Waals surface area contributed by atoms with Crippen molar-refractivity contribution in [1.29, 1.82) is 0 Å². The van der Waals surface area contributed by atoms with E-state index >= 15 is 0 Å². The average Bonchev–Trinajstić information content (AvgIpc) is 2.37. The minimum atomic E-state index is -2.68. The van der Waals surface area contributed by atoms with E-state index in [-0.39, 0.29) is 28.8 Å². The second kappa shape index (κ2) is 7.50. The van der Waals surface area contributed by atoms with Crippen molar-refractivity contribution in [2.45, 2.75) is 10.7 Å². The maximum Gasteiger partial charge on any atom is 0.323 e. The topological polar surface area (TPSA) is 57.6 Å². The minimum absolute atomic E-state index is 0.00861. The van der Waals surface area contributed by atoms with Gasteiger partial charge in [0, 0.05) is 4.90 Å². The van der Waals surface area contributed by atoms with E-state index in [2.05, 4.69) is 5.92 Å². The van der Waals surface area contributed by atoms with Gasteiger partial charge < -0.3 is 10.0 Å². The van der Waals surface area contributed by atoms with E-state index in [0.717, 1.165) is 4.90 Å². The lowest BCUT2D eigenvalue weighted by atomic mass is 10.2. The van der Waals surface area contributed by atoms with Gasteiger partial charge in [-0.05, 0) is 12.1 Å². The molecule has 7 heteroatoms. The van der Waals surface area contributed by atoms with Crippen LogP contribution in [0.15, 0.2) is 29.2 Å². The molecular formula is C13H11F2NO3S. The van der Waals surface area contributed by atoms with Crippen LogP contribution in [0.1, 0.15) is 10.4 Å². The largest absolute Gasteiger partial charge is 0.480 e. The molecule has 1 N–H and O–H groups in total. The van der Waals surface area contributed by atoms with Crippen LogP contribution in [0.25, 0.3) is 0 Å². The molecule has 0 spiro atoms. The molecule has 0 aliphatic rings. The molecule has 0 atom stereocenters. The summed E-state index contributed by atoms with van der Waals surface area (Å²) >= 11 is 0.228. The highest BCUT2D eigenvalue weighted by atomic mass is 32.2.